The Kier molecular flexibility index (Phi) is 3.42. The molecule has 3 rings (SSSR count). The molecule has 19 heavy (non-hydrogen) atoms. The van der Waals surface area contributed by atoms with Gasteiger partial charge in [-0.15, -0.1) is 0 Å². The molecule has 0 radical (unpaired) electrons. The summed E-state index contributed by atoms with van der Waals surface area (Å²) in [6.45, 7) is 1.78. The number of carbonyl (C=O) groups is 1. The van der Waals surface area contributed by atoms with Gasteiger partial charge in [0.15, 0.2) is 0 Å². The van der Waals surface area contributed by atoms with Gasteiger partial charge in [0.05, 0.1) is 13.2 Å². The summed E-state index contributed by atoms with van der Waals surface area (Å²) in [7, 11) is 0. The summed E-state index contributed by atoms with van der Waals surface area (Å²) in [5.41, 5.74) is 2.56. The molecule has 0 unspecified atom stereocenters. The Morgan fingerprint density at radius 1 is 1.42 bits per heavy atom. The smallest absolute Gasteiger partial charge is 0.317 e. The Morgan fingerprint density at radius 3 is 3.00 bits per heavy atom. The first-order valence-corrected chi connectivity index (χ1v) is 6.93. The van der Waals surface area contributed by atoms with Gasteiger partial charge in [0, 0.05) is 19.0 Å². The minimum atomic E-state index is -0.728. The Bertz CT molecular complexity index is 482. The van der Waals surface area contributed by atoms with Crippen LogP contribution in [0.4, 0.5) is 0 Å². The fourth-order valence-electron chi connectivity index (χ4n) is 2.67. The number of hydrogen-bond acceptors (Lipinski definition) is 3. The summed E-state index contributed by atoms with van der Waals surface area (Å²) < 4.78 is 5.49. The molecule has 0 aromatic heterocycles. The molecule has 4 nitrogen and oxygen atoms in total. The molecule has 1 aliphatic carbocycles. The highest BCUT2D eigenvalue weighted by atomic mass is 16.5. The number of fused-ring (bicyclic) bond motifs is 1. The third-order valence-corrected chi connectivity index (χ3v) is 3.84. The molecule has 1 N–H and O–H groups in total. The minimum absolute atomic E-state index is 0.165. The maximum atomic E-state index is 10.8. The lowest BCUT2D eigenvalue weighted by Crippen LogP contribution is -2.33. The minimum Gasteiger partial charge on any atom is -0.493 e. The molecule has 0 atom stereocenters. The fourth-order valence-corrected chi connectivity index (χ4v) is 2.67. The summed E-state index contributed by atoms with van der Waals surface area (Å²) >= 11 is 0. The number of rotatable bonds is 6. The zero-order valence-electron chi connectivity index (χ0n) is 11.0. The second-order valence-corrected chi connectivity index (χ2v) is 5.39. The van der Waals surface area contributed by atoms with E-state index in [2.05, 4.69) is 17.0 Å². The molecule has 1 saturated carbocycles. The maximum Gasteiger partial charge on any atom is 0.317 e. The molecule has 2 aliphatic rings. The molecule has 1 fully saturated rings. The monoisotopic (exact) mass is 261 g/mol. The Labute approximate surface area is 113 Å². The van der Waals surface area contributed by atoms with E-state index in [1.807, 2.05) is 6.07 Å². The molecule has 0 saturated heterocycles. The molecule has 1 aromatic carbocycles. The Morgan fingerprint density at radius 2 is 2.26 bits per heavy atom. The summed E-state index contributed by atoms with van der Waals surface area (Å²) in [4.78, 5) is 12.9. The number of hydrogen-bond donors (Lipinski definition) is 1. The lowest BCUT2D eigenvalue weighted by atomic mass is 10.1. The standard InChI is InChI=1S/C15H19NO3/c17-15(18)10-16(13-2-3-13)7-5-11-1-4-14-12(9-11)6-8-19-14/h1,4,9,13H,2-3,5-8,10H2,(H,17,18). The number of carboxylic acid groups (broad SMARTS) is 1. The van der Waals surface area contributed by atoms with Crippen LogP contribution in [0.5, 0.6) is 5.75 Å². The second-order valence-electron chi connectivity index (χ2n) is 5.39. The van der Waals surface area contributed by atoms with Crippen LogP contribution in [-0.2, 0) is 17.6 Å². The van der Waals surface area contributed by atoms with Crippen molar-refractivity contribution in [3.8, 4) is 5.75 Å². The van der Waals surface area contributed by atoms with Crippen LogP contribution in [0.1, 0.15) is 24.0 Å². The summed E-state index contributed by atoms with van der Waals surface area (Å²) in [6.07, 6.45) is 4.19. The average Bonchev–Trinajstić information content (AvgIpc) is 3.12. The highest BCUT2D eigenvalue weighted by Gasteiger charge is 2.29. The average molecular weight is 261 g/mol. The molecular weight excluding hydrogens is 242 g/mol. The van der Waals surface area contributed by atoms with E-state index in [0.29, 0.717) is 6.04 Å². The number of aliphatic carboxylic acids is 1. The van der Waals surface area contributed by atoms with Crippen molar-refractivity contribution in [2.45, 2.75) is 31.7 Å². The third-order valence-electron chi connectivity index (χ3n) is 3.84. The van der Waals surface area contributed by atoms with Gasteiger partial charge in [-0.25, -0.2) is 0 Å². The van der Waals surface area contributed by atoms with Crippen LogP contribution in [0, 0.1) is 0 Å². The van der Waals surface area contributed by atoms with Crippen LogP contribution >= 0.6 is 0 Å². The highest BCUT2D eigenvalue weighted by molar-refractivity contribution is 5.69. The van der Waals surface area contributed by atoms with E-state index in [1.165, 1.54) is 11.1 Å². The third kappa shape index (κ3) is 3.07. The van der Waals surface area contributed by atoms with Crippen molar-refractivity contribution >= 4 is 5.97 Å². The molecule has 1 aliphatic heterocycles. The Hall–Kier alpha value is -1.55. The van der Waals surface area contributed by atoms with Crippen LogP contribution in [0.15, 0.2) is 18.2 Å². The quantitative estimate of drug-likeness (QED) is 0.847. The van der Waals surface area contributed by atoms with Gasteiger partial charge in [-0.1, -0.05) is 12.1 Å². The van der Waals surface area contributed by atoms with Crippen LogP contribution in [0.2, 0.25) is 0 Å². The summed E-state index contributed by atoms with van der Waals surface area (Å²) in [5, 5.41) is 8.93. The lowest BCUT2D eigenvalue weighted by molar-refractivity contribution is -0.138. The van der Waals surface area contributed by atoms with Gasteiger partial charge >= 0.3 is 5.97 Å². The molecule has 0 amide bonds. The number of ether oxygens (including phenoxy) is 1. The van der Waals surface area contributed by atoms with Crippen molar-refractivity contribution in [1.82, 2.24) is 4.90 Å². The van der Waals surface area contributed by atoms with Crippen LogP contribution in [0.3, 0.4) is 0 Å². The van der Waals surface area contributed by atoms with E-state index in [9.17, 15) is 4.79 Å². The molecule has 0 bridgehead atoms. The fraction of sp³-hybridized carbons (Fsp3) is 0.533. The van der Waals surface area contributed by atoms with Crippen molar-refractivity contribution in [3.63, 3.8) is 0 Å². The van der Waals surface area contributed by atoms with Gasteiger partial charge in [0.25, 0.3) is 0 Å². The van der Waals surface area contributed by atoms with Crippen molar-refractivity contribution in [1.29, 1.82) is 0 Å². The van der Waals surface area contributed by atoms with Crippen LogP contribution in [0.25, 0.3) is 0 Å². The molecule has 4 heteroatoms. The molecular formula is C15H19NO3. The number of nitrogens with zero attached hydrogens (tertiary/aromatic N) is 1. The largest absolute Gasteiger partial charge is 0.493 e. The molecule has 102 valence electrons. The number of carboxylic acids is 1. The van der Waals surface area contributed by atoms with E-state index < -0.39 is 5.97 Å². The molecule has 0 spiro atoms. The second kappa shape index (κ2) is 5.21. The van der Waals surface area contributed by atoms with Crippen LogP contribution in [-0.4, -0.2) is 41.7 Å². The summed E-state index contributed by atoms with van der Waals surface area (Å²) in [6, 6.07) is 6.83. The van der Waals surface area contributed by atoms with Crippen molar-refractivity contribution in [2.75, 3.05) is 19.7 Å². The van der Waals surface area contributed by atoms with Gasteiger partial charge < -0.3 is 9.84 Å². The zero-order chi connectivity index (χ0) is 13.2. The van der Waals surface area contributed by atoms with Gasteiger partial charge in [-0.2, -0.15) is 0 Å². The maximum absolute atomic E-state index is 10.8. The van der Waals surface area contributed by atoms with E-state index in [4.69, 9.17) is 9.84 Å². The van der Waals surface area contributed by atoms with Gasteiger partial charge in [0.2, 0.25) is 0 Å². The van der Waals surface area contributed by atoms with Crippen molar-refractivity contribution in [2.24, 2.45) is 0 Å². The van der Waals surface area contributed by atoms with Crippen LogP contribution < -0.4 is 4.74 Å². The first-order chi connectivity index (χ1) is 9.22. The first-order valence-electron chi connectivity index (χ1n) is 6.93. The van der Waals surface area contributed by atoms with E-state index in [0.717, 1.165) is 44.6 Å². The predicted molar refractivity (Wildman–Crippen MR) is 71.6 cm³/mol. The van der Waals surface area contributed by atoms with Crippen molar-refractivity contribution < 1.29 is 14.6 Å². The van der Waals surface area contributed by atoms with E-state index in [1.54, 1.807) is 0 Å². The first kappa shape index (κ1) is 12.5. The Balaban J connectivity index is 1.59. The lowest BCUT2D eigenvalue weighted by Gasteiger charge is -2.19. The van der Waals surface area contributed by atoms with Gasteiger partial charge in [-0.3, -0.25) is 9.69 Å². The van der Waals surface area contributed by atoms with Gasteiger partial charge in [0.1, 0.15) is 5.75 Å². The predicted octanol–water partition coefficient (Wildman–Crippen LogP) is 1.71. The molecule has 1 heterocycles. The molecule has 1 aromatic rings. The van der Waals surface area contributed by atoms with Crippen molar-refractivity contribution in [3.05, 3.63) is 29.3 Å². The SMILES string of the molecule is O=C(O)CN(CCc1ccc2c(c1)CCO2)C1CC1. The zero-order valence-corrected chi connectivity index (χ0v) is 11.0. The van der Waals surface area contributed by atoms with E-state index >= 15 is 0 Å². The number of benzene rings is 1. The topological polar surface area (TPSA) is 49.8 Å². The van der Waals surface area contributed by atoms with Gasteiger partial charge in [-0.05, 0) is 36.5 Å². The summed E-state index contributed by atoms with van der Waals surface area (Å²) in [5.74, 6) is 0.280. The normalized spacial score (nSPS) is 17.3. The highest BCUT2D eigenvalue weighted by Crippen LogP contribution is 2.28. The van der Waals surface area contributed by atoms with E-state index in [-0.39, 0.29) is 6.54 Å².